The number of thioether (sulfide) groups is 1. The molecule has 3 atom stereocenters. The average Bonchev–Trinajstić information content (AvgIpc) is 2.74. The Balaban J connectivity index is 1.81. The second-order valence-corrected chi connectivity index (χ2v) is 5.90. The molecule has 0 aromatic carbocycles. The van der Waals surface area contributed by atoms with Crippen molar-refractivity contribution in [3.05, 3.63) is 0 Å². The maximum absolute atomic E-state index is 11.9. The highest BCUT2D eigenvalue weighted by Crippen LogP contribution is 2.26. The van der Waals surface area contributed by atoms with Gasteiger partial charge in [0.2, 0.25) is 5.91 Å². The highest BCUT2D eigenvalue weighted by Gasteiger charge is 2.28. The van der Waals surface area contributed by atoms with E-state index in [9.17, 15) is 4.79 Å². The molecule has 4 heteroatoms. The maximum Gasteiger partial charge on any atom is 0.233 e. The van der Waals surface area contributed by atoms with Crippen LogP contribution < -0.4 is 10.6 Å². The van der Waals surface area contributed by atoms with Crippen LogP contribution >= 0.6 is 11.8 Å². The van der Waals surface area contributed by atoms with Gasteiger partial charge in [0.15, 0.2) is 0 Å². The molecular formula is C11H20N2OS. The molecule has 2 aliphatic rings. The molecule has 0 aliphatic carbocycles. The van der Waals surface area contributed by atoms with E-state index >= 15 is 0 Å². The van der Waals surface area contributed by atoms with E-state index in [0.717, 1.165) is 25.3 Å². The van der Waals surface area contributed by atoms with Gasteiger partial charge in [0, 0.05) is 12.6 Å². The number of piperidine rings is 1. The van der Waals surface area contributed by atoms with E-state index < -0.39 is 0 Å². The number of carbonyl (C=O) groups excluding carboxylic acids is 1. The summed E-state index contributed by atoms with van der Waals surface area (Å²) in [6.07, 6.45) is 3.43. The molecule has 0 aromatic rings. The first-order chi connectivity index (χ1) is 7.27. The van der Waals surface area contributed by atoms with Crippen molar-refractivity contribution in [2.75, 3.05) is 18.8 Å². The zero-order valence-electron chi connectivity index (χ0n) is 9.29. The van der Waals surface area contributed by atoms with Gasteiger partial charge in [-0.05, 0) is 37.5 Å². The Kier molecular flexibility index (Phi) is 3.92. The van der Waals surface area contributed by atoms with Crippen molar-refractivity contribution in [2.45, 2.75) is 37.5 Å². The van der Waals surface area contributed by atoms with Crippen molar-refractivity contribution < 1.29 is 4.79 Å². The molecule has 2 saturated heterocycles. The minimum absolute atomic E-state index is 0.221. The highest BCUT2D eigenvalue weighted by atomic mass is 32.2. The molecule has 15 heavy (non-hydrogen) atoms. The van der Waals surface area contributed by atoms with E-state index in [1.807, 2.05) is 11.8 Å². The molecule has 2 heterocycles. The summed E-state index contributed by atoms with van der Waals surface area (Å²) in [6, 6.07) is 0.340. The van der Waals surface area contributed by atoms with Crippen LogP contribution in [0.2, 0.25) is 0 Å². The first-order valence-electron chi connectivity index (χ1n) is 5.90. The molecule has 0 bridgehead atoms. The van der Waals surface area contributed by atoms with Gasteiger partial charge in [0.1, 0.15) is 0 Å². The van der Waals surface area contributed by atoms with Crippen LogP contribution in [0.5, 0.6) is 0 Å². The van der Waals surface area contributed by atoms with Crippen molar-refractivity contribution >= 4 is 17.7 Å². The number of nitrogens with one attached hydrogen (secondary N) is 2. The smallest absolute Gasteiger partial charge is 0.233 e. The van der Waals surface area contributed by atoms with Gasteiger partial charge in [-0.25, -0.2) is 0 Å². The van der Waals surface area contributed by atoms with Gasteiger partial charge in [0.05, 0.1) is 5.25 Å². The first kappa shape index (κ1) is 11.3. The van der Waals surface area contributed by atoms with Gasteiger partial charge >= 0.3 is 0 Å². The molecule has 2 fully saturated rings. The van der Waals surface area contributed by atoms with Crippen LogP contribution in [0.1, 0.15) is 26.2 Å². The first-order valence-corrected chi connectivity index (χ1v) is 6.95. The fraction of sp³-hybridized carbons (Fsp3) is 0.909. The summed E-state index contributed by atoms with van der Waals surface area (Å²) < 4.78 is 0. The lowest BCUT2D eigenvalue weighted by Crippen LogP contribution is -2.51. The molecule has 0 spiro atoms. The molecule has 3 nitrogen and oxygen atoms in total. The maximum atomic E-state index is 11.9. The molecule has 2 aliphatic heterocycles. The third kappa shape index (κ3) is 2.88. The van der Waals surface area contributed by atoms with Crippen molar-refractivity contribution in [1.29, 1.82) is 0 Å². The van der Waals surface area contributed by atoms with Crippen LogP contribution in [0.3, 0.4) is 0 Å². The van der Waals surface area contributed by atoms with Crippen LogP contribution in [-0.4, -0.2) is 36.0 Å². The lowest BCUT2D eigenvalue weighted by Gasteiger charge is -2.31. The Bertz CT molecular complexity index is 229. The Labute approximate surface area is 95.8 Å². The van der Waals surface area contributed by atoms with Crippen molar-refractivity contribution in [3.8, 4) is 0 Å². The van der Waals surface area contributed by atoms with E-state index in [4.69, 9.17) is 0 Å². The number of rotatable bonds is 2. The fourth-order valence-corrected chi connectivity index (χ4v) is 3.41. The van der Waals surface area contributed by atoms with Crippen LogP contribution in [-0.2, 0) is 4.79 Å². The number of amides is 1. The molecule has 2 N–H and O–H groups in total. The van der Waals surface area contributed by atoms with E-state index in [-0.39, 0.29) is 11.2 Å². The Morgan fingerprint density at radius 3 is 3.00 bits per heavy atom. The Morgan fingerprint density at radius 2 is 2.33 bits per heavy atom. The van der Waals surface area contributed by atoms with Crippen LogP contribution in [0, 0.1) is 5.92 Å². The normalized spacial score (nSPS) is 36.5. The van der Waals surface area contributed by atoms with E-state index in [1.165, 1.54) is 12.8 Å². The number of hydrogen-bond donors (Lipinski definition) is 2. The van der Waals surface area contributed by atoms with E-state index in [0.29, 0.717) is 12.0 Å². The summed E-state index contributed by atoms with van der Waals surface area (Å²) in [5.74, 6) is 2.02. The Morgan fingerprint density at radius 1 is 1.47 bits per heavy atom. The molecule has 2 rings (SSSR count). The minimum Gasteiger partial charge on any atom is -0.351 e. The summed E-state index contributed by atoms with van der Waals surface area (Å²) in [5, 5.41) is 6.75. The summed E-state index contributed by atoms with van der Waals surface area (Å²) in [7, 11) is 0. The van der Waals surface area contributed by atoms with Gasteiger partial charge in [-0.3, -0.25) is 4.79 Å². The average molecular weight is 228 g/mol. The predicted octanol–water partition coefficient (Wildman–Crippen LogP) is 0.996. The standard InChI is InChI=1S/C11H20N2OS/c1-8-4-5-12-7-9(8)13-11(14)10-3-2-6-15-10/h8-10,12H,2-7H2,1H3,(H,13,14). The van der Waals surface area contributed by atoms with E-state index in [1.54, 1.807) is 0 Å². The lowest BCUT2D eigenvalue weighted by molar-refractivity contribution is -0.121. The highest BCUT2D eigenvalue weighted by molar-refractivity contribution is 8.00. The van der Waals surface area contributed by atoms with Gasteiger partial charge in [0.25, 0.3) is 0 Å². The van der Waals surface area contributed by atoms with Crippen LogP contribution in [0.25, 0.3) is 0 Å². The molecule has 0 radical (unpaired) electrons. The molecule has 0 saturated carbocycles. The summed E-state index contributed by atoms with van der Waals surface area (Å²) in [5.41, 5.74) is 0. The monoisotopic (exact) mass is 228 g/mol. The minimum atomic E-state index is 0.221. The number of carbonyl (C=O) groups is 1. The summed E-state index contributed by atoms with van der Waals surface area (Å²) in [6.45, 7) is 4.25. The fourth-order valence-electron chi connectivity index (χ4n) is 2.24. The molecule has 86 valence electrons. The number of hydrogen-bond acceptors (Lipinski definition) is 3. The third-order valence-corrected chi connectivity index (χ3v) is 4.75. The van der Waals surface area contributed by atoms with Crippen LogP contribution in [0.15, 0.2) is 0 Å². The quantitative estimate of drug-likeness (QED) is 0.741. The third-order valence-electron chi connectivity index (χ3n) is 3.38. The Hall–Kier alpha value is -0.220. The topological polar surface area (TPSA) is 41.1 Å². The van der Waals surface area contributed by atoms with Gasteiger partial charge < -0.3 is 10.6 Å². The largest absolute Gasteiger partial charge is 0.351 e. The molecule has 0 aromatic heterocycles. The molecule has 1 amide bonds. The summed E-state index contributed by atoms with van der Waals surface area (Å²) in [4.78, 5) is 11.9. The van der Waals surface area contributed by atoms with Crippen molar-refractivity contribution in [2.24, 2.45) is 5.92 Å². The van der Waals surface area contributed by atoms with Gasteiger partial charge in [-0.15, -0.1) is 11.8 Å². The van der Waals surface area contributed by atoms with Gasteiger partial charge in [-0.1, -0.05) is 6.92 Å². The SMILES string of the molecule is CC1CCNCC1NC(=O)C1CCCS1. The van der Waals surface area contributed by atoms with Crippen molar-refractivity contribution in [3.63, 3.8) is 0 Å². The zero-order chi connectivity index (χ0) is 10.7. The van der Waals surface area contributed by atoms with E-state index in [2.05, 4.69) is 17.6 Å². The zero-order valence-corrected chi connectivity index (χ0v) is 10.1. The van der Waals surface area contributed by atoms with Crippen LogP contribution in [0.4, 0.5) is 0 Å². The lowest BCUT2D eigenvalue weighted by atomic mass is 9.94. The molecular weight excluding hydrogens is 208 g/mol. The predicted molar refractivity (Wildman–Crippen MR) is 64.1 cm³/mol. The summed E-state index contributed by atoms with van der Waals surface area (Å²) >= 11 is 1.81. The second kappa shape index (κ2) is 5.21. The van der Waals surface area contributed by atoms with Crippen molar-refractivity contribution in [1.82, 2.24) is 10.6 Å². The van der Waals surface area contributed by atoms with Gasteiger partial charge in [-0.2, -0.15) is 0 Å². The molecule has 3 unspecified atom stereocenters. The second-order valence-electron chi connectivity index (χ2n) is 4.59.